The number of benzene rings is 1. The molecular formula is C16H25Cl2N5. The van der Waals surface area contributed by atoms with Crippen molar-refractivity contribution in [3.8, 4) is 0 Å². The molecular weight excluding hydrogens is 333 g/mol. The second kappa shape index (κ2) is 11.9. The number of nitrogen functional groups attached to an aromatic ring is 1. The van der Waals surface area contributed by atoms with Gasteiger partial charge in [0.25, 0.3) is 0 Å². The van der Waals surface area contributed by atoms with E-state index in [1.807, 2.05) is 52.0 Å². The molecule has 0 radical (unpaired) electrons. The van der Waals surface area contributed by atoms with Gasteiger partial charge in [-0.15, -0.1) is 11.6 Å². The average Bonchev–Trinajstić information content (AvgIpc) is 2.57. The van der Waals surface area contributed by atoms with Crippen LogP contribution in [0.15, 0.2) is 24.3 Å². The van der Waals surface area contributed by atoms with Crippen molar-refractivity contribution in [2.45, 2.75) is 46.5 Å². The number of nitrogens with zero attached hydrogens (tertiary/aromatic N) is 3. The van der Waals surface area contributed by atoms with Crippen molar-refractivity contribution in [1.29, 1.82) is 0 Å². The summed E-state index contributed by atoms with van der Waals surface area (Å²) in [5.74, 6) is 1.01. The molecule has 3 N–H and O–H groups in total. The Bertz CT molecular complexity index is 559. The van der Waals surface area contributed by atoms with E-state index in [1.165, 1.54) is 0 Å². The third-order valence-corrected chi connectivity index (χ3v) is 2.84. The van der Waals surface area contributed by atoms with Gasteiger partial charge in [-0.05, 0) is 24.6 Å². The minimum atomic E-state index is -0.318. The van der Waals surface area contributed by atoms with Gasteiger partial charge in [0, 0.05) is 11.6 Å². The van der Waals surface area contributed by atoms with Gasteiger partial charge in [-0.1, -0.05) is 51.4 Å². The van der Waals surface area contributed by atoms with Crippen molar-refractivity contribution in [3.63, 3.8) is 0 Å². The zero-order valence-corrected chi connectivity index (χ0v) is 15.8. The maximum Gasteiger partial charge on any atom is 0.228 e. The van der Waals surface area contributed by atoms with E-state index in [9.17, 15) is 0 Å². The van der Waals surface area contributed by atoms with E-state index in [0.717, 1.165) is 5.56 Å². The molecule has 2 aromatic rings. The van der Waals surface area contributed by atoms with Gasteiger partial charge in [-0.2, -0.15) is 15.0 Å². The zero-order valence-electron chi connectivity index (χ0n) is 14.3. The first kappa shape index (κ1) is 21.4. The van der Waals surface area contributed by atoms with Crippen LogP contribution in [-0.2, 0) is 6.54 Å². The van der Waals surface area contributed by atoms with E-state index in [0.29, 0.717) is 23.3 Å². The van der Waals surface area contributed by atoms with Crippen molar-refractivity contribution < 1.29 is 0 Å². The highest BCUT2D eigenvalue weighted by molar-refractivity contribution is 6.30. The molecule has 0 fully saturated rings. The molecule has 5 nitrogen and oxygen atoms in total. The van der Waals surface area contributed by atoms with E-state index >= 15 is 0 Å². The maximum atomic E-state index is 5.93. The molecule has 23 heavy (non-hydrogen) atoms. The van der Waals surface area contributed by atoms with E-state index in [2.05, 4.69) is 20.3 Å². The van der Waals surface area contributed by atoms with Crippen LogP contribution in [0.3, 0.4) is 0 Å². The van der Waals surface area contributed by atoms with Gasteiger partial charge in [0.2, 0.25) is 11.9 Å². The van der Waals surface area contributed by atoms with Crippen molar-refractivity contribution >= 4 is 35.1 Å². The first-order valence-corrected chi connectivity index (χ1v) is 8.50. The molecule has 1 unspecified atom stereocenters. The number of hydrogen-bond donors (Lipinski definition) is 2. The van der Waals surface area contributed by atoms with Crippen LogP contribution >= 0.6 is 23.2 Å². The van der Waals surface area contributed by atoms with Crippen LogP contribution in [0.5, 0.6) is 0 Å². The molecule has 7 heteroatoms. The molecule has 0 aliphatic rings. The molecule has 1 atom stereocenters. The van der Waals surface area contributed by atoms with Gasteiger partial charge in [0.15, 0.2) is 5.82 Å². The normalized spacial score (nSPS) is 10.6. The molecule has 0 aliphatic carbocycles. The first-order valence-electron chi connectivity index (χ1n) is 7.68. The Morgan fingerprint density at radius 1 is 1.04 bits per heavy atom. The molecule has 0 saturated carbocycles. The monoisotopic (exact) mass is 357 g/mol. The predicted octanol–water partition coefficient (Wildman–Crippen LogP) is 5.07. The van der Waals surface area contributed by atoms with Gasteiger partial charge in [-0.3, -0.25) is 0 Å². The topological polar surface area (TPSA) is 76.7 Å². The summed E-state index contributed by atoms with van der Waals surface area (Å²) in [6.07, 6.45) is 0. The lowest BCUT2D eigenvalue weighted by Crippen LogP contribution is -2.10. The third-order valence-electron chi connectivity index (χ3n) is 2.39. The van der Waals surface area contributed by atoms with Crippen molar-refractivity contribution in [2.75, 3.05) is 11.1 Å². The summed E-state index contributed by atoms with van der Waals surface area (Å²) >= 11 is 11.8. The van der Waals surface area contributed by atoms with Gasteiger partial charge >= 0.3 is 0 Å². The summed E-state index contributed by atoms with van der Waals surface area (Å²) in [5.41, 5.74) is 6.67. The number of nitrogens with one attached hydrogen (secondary N) is 1. The van der Waals surface area contributed by atoms with Crippen molar-refractivity contribution in [1.82, 2.24) is 15.0 Å². The SMILES string of the molecule is CC.CC.CC(Cl)c1nc(N)nc(NCc2ccc(Cl)cc2)n1. The fourth-order valence-electron chi connectivity index (χ4n) is 1.45. The quantitative estimate of drug-likeness (QED) is 0.746. The number of anilines is 2. The summed E-state index contributed by atoms with van der Waals surface area (Å²) < 4.78 is 0. The number of rotatable bonds is 4. The second-order valence-corrected chi connectivity index (χ2v) is 5.06. The lowest BCUT2D eigenvalue weighted by molar-refractivity contribution is 0.878. The number of alkyl halides is 1. The minimum absolute atomic E-state index is 0.149. The highest BCUT2D eigenvalue weighted by Crippen LogP contribution is 2.17. The van der Waals surface area contributed by atoms with E-state index < -0.39 is 0 Å². The molecule has 1 aromatic carbocycles. The molecule has 2 rings (SSSR count). The Morgan fingerprint density at radius 2 is 1.61 bits per heavy atom. The van der Waals surface area contributed by atoms with Crippen LogP contribution in [0.2, 0.25) is 5.02 Å². The number of hydrogen-bond acceptors (Lipinski definition) is 5. The Balaban J connectivity index is 0.00000112. The molecule has 1 aromatic heterocycles. The second-order valence-electron chi connectivity index (χ2n) is 3.97. The number of halogens is 2. The van der Waals surface area contributed by atoms with Gasteiger partial charge in [0.05, 0.1) is 5.38 Å². The summed E-state index contributed by atoms with van der Waals surface area (Å²) in [6.45, 7) is 10.3. The highest BCUT2D eigenvalue weighted by atomic mass is 35.5. The van der Waals surface area contributed by atoms with Gasteiger partial charge in [0.1, 0.15) is 0 Å². The highest BCUT2D eigenvalue weighted by Gasteiger charge is 2.09. The maximum absolute atomic E-state index is 5.93. The molecule has 0 bridgehead atoms. The smallest absolute Gasteiger partial charge is 0.228 e. The Kier molecular flexibility index (Phi) is 11.1. The van der Waals surface area contributed by atoms with Crippen LogP contribution in [0.4, 0.5) is 11.9 Å². The van der Waals surface area contributed by atoms with E-state index in [4.69, 9.17) is 28.9 Å². The van der Waals surface area contributed by atoms with E-state index in [-0.39, 0.29) is 11.3 Å². The predicted molar refractivity (Wildman–Crippen MR) is 100.0 cm³/mol. The van der Waals surface area contributed by atoms with Gasteiger partial charge in [-0.25, -0.2) is 0 Å². The van der Waals surface area contributed by atoms with Crippen LogP contribution in [0.25, 0.3) is 0 Å². The molecule has 128 valence electrons. The van der Waals surface area contributed by atoms with Gasteiger partial charge < -0.3 is 11.1 Å². The fraction of sp³-hybridized carbons (Fsp3) is 0.438. The molecule has 0 spiro atoms. The lowest BCUT2D eigenvalue weighted by Gasteiger charge is -2.08. The molecule has 0 saturated heterocycles. The number of aromatic nitrogens is 3. The Hall–Kier alpha value is -1.59. The molecule has 0 aliphatic heterocycles. The fourth-order valence-corrected chi connectivity index (χ4v) is 1.67. The van der Waals surface area contributed by atoms with Crippen LogP contribution in [0, 0.1) is 0 Å². The summed E-state index contributed by atoms with van der Waals surface area (Å²) in [5, 5.41) is 3.45. The Labute approximate surface area is 148 Å². The first-order chi connectivity index (χ1) is 11.0. The van der Waals surface area contributed by atoms with Crippen molar-refractivity contribution in [2.24, 2.45) is 0 Å². The lowest BCUT2D eigenvalue weighted by atomic mass is 10.2. The third kappa shape index (κ3) is 8.00. The number of nitrogens with two attached hydrogens (primary N) is 1. The average molecular weight is 358 g/mol. The minimum Gasteiger partial charge on any atom is -0.368 e. The zero-order chi connectivity index (χ0) is 17.8. The van der Waals surface area contributed by atoms with Crippen LogP contribution < -0.4 is 11.1 Å². The summed E-state index contributed by atoms with van der Waals surface area (Å²) in [7, 11) is 0. The molecule has 0 amide bonds. The van der Waals surface area contributed by atoms with Crippen LogP contribution in [-0.4, -0.2) is 15.0 Å². The summed E-state index contributed by atoms with van der Waals surface area (Å²) in [4.78, 5) is 12.2. The standard InChI is InChI=1S/C12H13Cl2N5.2C2H6/c1-7(13)10-17-11(15)19-12(18-10)16-6-8-2-4-9(14)5-3-8;2*1-2/h2-5,7H,6H2,1H3,(H3,15,16,17,18,19);2*1-2H3. The van der Waals surface area contributed by atoms with Crippen LogP contribution in [0.1, 0.15) is 51.4 Å². The molecule has 1 heterocycles. The van der Waals surface area contributed by atoms with E-state index in [1.54, 1.807) is 6.92 Å². The Morgan fingerprint density at radius 3 is 2.13 bits per heavy atom. The van der Waals surface area contributed by atoms with Crippen molar-refractivity contribution in [3.05, 3.63) is 40.7 Å². The largest absolute Gasteiger partial charge is 0.368 e. The summed E-state index contributed by atoms with van der Waals surface area (Å²) in [6, 6.07) is 7.50.